The van der Waals surface area contributed by atoms with Gasteiger partial charge in [0.05, 0.1) is 0 Å². The first-order valence-corrected chi connectivity index (χ1v) is 4.96. The molecule has 0 bridgehead atoms. The van der Waals surface area contributed by atoms with Gasteiger partial charge in [0, 0.05) is 6.42 Å². The van der Waals surface area contributed by atoms with Crippen LogP contribution in [0.2, 0.25) is 0 Å². The Kier molecular flexibility index (Phi) is 3.97. The number of esters is 1. The Balaban J connectivity index is 2.60. The van der Waals surface area contributed by atoms with Gasteiger partial charge in [-0.15, -0.1) is 0 Å². The third kappa shape index (κ3) is 3.88. The van der Waals surface area contributed by atoms with Crippen LogP contribution in [0.4, 0.5) is 13.2 Å². The number of carbonyl (C=O) groups is 2. The highest BCUT2D eigenvalue weighted by atomic mass is 19.4. The molecule has 5 nitrogen and oxygen atoms in total. The number of aliphatic carboxylic acids is 1. The number of hydrogen-bond acceptors (Lipinski definition) is 4. The molecule has 0 amide bonds. The van der Waals surface area contributed by atoms with Crippen LogP contribution in [0.3, 0.4) is 0 Å². The Morgan fingerprint density at radius 2 is 1.94 bits per heavy atom. The van der Waals surface area contributed by atoms with Crippen LogP contribution in [0.1, 0.15) is 19.8 Å². The summed E-state index contributed by atoms with van der Waals surface area (Å²) in [4.78, 5) is 21.3. The molecule has 8 heteroatoms. The smallest absolute Gasteiger partial charge is 0.480 e. The molecule has 0 aromatic rings. The van der Waals surface area contributed by atoms with Gasteiger partial charge in [-0.3, -0.25) is 10.1 Å². The van der Waals surface area contributed by atoms with Crippen molar-refractivity contribution in [2.45, 2.75) is 38.2 Å². The molecule has 1 saturated heterocycles. The Hall–Kier alpha value is -1.31. The third-order valence-electron chi connectivity index (χ3n) is 2.42. The highest BCUT2D eigenvalue weighted by Gasteiger charge is 2.43. The Morgan fingerprint density at radius 1 is 1.35 bits per heavy atom. The summed E-state index contributed by atoms with van der Waals surface area (Å²) >= 11 is 0. The second kappa shape index (κ2) is 4.91. The number of nitrogens with one attached hydrogen (secondary N) is 1. The molecule has 0 aromatic carbocycles. The monoisotopic (exact) mass is 255 g/mol. The summed E-state index contributed by atoms with van der Waals surface area (Å²) in [6, 6.07) is -0.996. The van der Waals surface area contributed by atoms with Crippen molar-refractivity contribution in [2.75, 3.05) is 0 Å². The predicted molar refractivity (Wildman–Crippen MR) is 48.9 cm³/mol. The van der Waals surface area contributed by atoms with Crippen molar-refractivity contribution in [2.24, 2.45) is 5.92 Å². The van der Waals surface area contributed by atoms with Crippen LogP contribution < -0.4 is 5.32 Å². The van der Waals surface area contributed by atoms with Crippen LogP contribution in [-0.2, 0) is 14.3 Å². The van der Waals surface area contributed by atoms with E-state index in [0.29, 0.717) is 0 Å². The molecule has 0 saturated carbocycles. The number of piperidine rings is 1. The number of halogens is 3. The van der Waals surface area contributed by atoms with E-state index in [9.17, 15) is 22.8 Å². The maximum absolute atomic E-state index is 11.9. The molecule has 1 rings (SSSR count). The molecule has 1 heterocycles. The normalized spacial score (nSPS) is 29.8. The molecule has 3 atom stereocenters. The molecule has 1 aliphatic heterocycles. The zero-order valence-corrected chi connectivity index (χ0v) is 8.95. The van der Waals surface area contributed by atoms with Crippen molar-refractivity contribution in [3.05, 3.63) is 0 Å². The highest BCUT2D eigenvalue weighted by Crippen LogP contribution is 2.23. The first kappa shape index (κ1) is 13.8. The van der Waals surface area contributed by atoms with Gasteiger partial charge in [-0.1, -0.05) is 6.92 Å². The summed E-state index contributed by atoms with van der Waals surface area (Å²) in [5.41, 5.74) is 0. The number of hydrogen-bond donors (Lipinski definition) is 2. The van der Waals surface area contributed by atoms with Crippen molar-refractivity contribution in [3.8, 4) is 0 Å². The van der Waals surface area contributed by atoms with E-state index in [0.717, 1.165) is 0 Å². The van der Waals surface area contributed by atoms with Crippen molar-refractivity contribution < 1.29 is 32.6 Å². The number of carboxylic acids is 1. The molecule has 0 aromatic heterocycles. The maximum atomic E-state index is 11.9. The molecule has 1 aliphatic rings. The molecule has 1 unspecified atom stereocenters. The molecule has 0 spiro atoms. The number of carboxylic acid groups (broad SMARTS) is 1. The average molecular weight is 255 g/mol. The molecule has 17 heavy (non-hydrogen) atoms. The number of rotatable bonds is 2. The van der Waals surface area contributed by atoms with E-state index in [4.69, 9.17) is 5.11 Å². The van der Waals surface area contributed by atoms with Gasteiger partial charge in [-0.05, 0) is 12.3 Å². The Labute approximate surface area is 94.9 Å². The van der Waals surface area contributed by atoms with Gasteiger partial charge >= 0.3 is 18.1 Å². The lowest BCUT2D eigenvalue weighted by Crippen LogP contribution is -2.51. The van der Waals surface area contributed by atoms with Crippen LogP contribution in [0.5, 0.6) is 0 Å². The molecule has 0 radical (unpaired) electrons. The Morgan fingerprint density at radius 3 is 2.41 bits per heavy atom. The molecule has 0 aliphatic carbocycles. The van der Waals surface area contributed by atoms with E-state index < -0.39 is 30.4 Å². The molecular weight excluding hydrogens is 243 g/mol. The van der Waals surface area contributed by atoms with E-state index in [1.165, 1.54) is 0 Å². The van der Waals surface area contributed by atoms with Crippen LogP contribution in [0.25, 0.3) is 0 Å². The van der Waals surface area contributed by atoms with E-state index in [-0.39, 0.29) is 18.8 Å². The zero-order chi connectivity index (χ0) is 13.2. The van der Waals surface area contributed by atoms with Crippen molar-refractivity contribution in [1.82, 2.24) is 5.32 Å². The number of alkyl halides is 3. The topological polar surface area (TPSA) is 75.6 Å². The van der Waals surface area contributed by atoms with Crippen molar-refractivity contribution in [3.63, 3.8) is 0 Å². The molecular formula is C9H12F3NO4. The van der Waals surface area contributed by atoms with Crippen LogP contribution in [0.15, 0.2) is 0 Å². The highest BCUT2D eigenvalue weighted by molar-refractivity contribution is 5.76. The molecule has 1 fully saturated rings. The first-order chi connectivity index (χ1) is 7.70. The van der Waals surface area contributed by atoms with E-state index in [2.05, 4.69) is 10.1 Å². The van der Waals surface area contributed by atoms with Gasteiger partial charge in [0.1, 0.15) is 6.04 Å². The zero-order valence-electron chi connectivity index (χ0n) is 8.95. The minimum Gasteiger partial charge on any atom is -0.480 e. The van der Waals surface area contributed by atoms with Crippen LogP contribution in [0, 0.1) is 5.92 Å². The quantitative estimate of drug-likeness (QED) is 0.717. The Bertz CT molecular complexity index is 318. The van der Waals surface area contributed by atoms with Gasteiger partial charge < -0.3 is 9.84 Å². The average Bonchev–Trinajstić information content (AvgIpc) is 2.14. The summed E-state index contributed by atoms with van der Waals surface area (Å²) in [5.74, 6) is -3.62. The lowest BCUT2D eigenvalue weighted by molar-refractivity contribution is -0.208. The van der Waals surface area contributed by atoms with Crippen LogP contribution >= 0.6 is 0 Å². The summed E-state index contributed by atoms with van der Waals surface area (Å²) in [5, 5.41) is 11.1. The van der Waals surface area contributed by atoms with Gasteiger partial charge in [-0.2, -0.15) is 13.2 Å². The standard InChI is InChI=1S/C9H12F3NO4/c1-4-2-5(7(14)15)13-6(3-4)17-8(16)9(10,11)12/h4-6,13H,2-3H2,1H3,(H,14,15)/t4-,5+,6?/m0/s1. The second-order valence-electron chi connectivity index (χ2n) is 4.03. The largest absolute Gasteiger partial charge is 0.490 e. The minimum absolute atomic E-state index is 0.136. The number of carbonyl (C=O) groups excluding carboxylic acids is 1. The fourth-order valence-corrected chi connectivity index (χ4v) is 1.67. The van der Waals surface area contributed by atoms with Gasteiger partial charge in [0.2, 0.25) is 0 Å². The SMILES string of the molecule is C[C@@H]1CC(OC(=O)C(F)(F)F)N[C@@H](C(=O)O)C1. The third-order valence-corrected chi connectivity index (χ3v) is 2.42. The fourth-order valence-electron chi connectivity index (χ4n) is 1.67. The lowest BCUT2D eigenvalue weighted by atomic mass is 9.93. The number of ether oxygens (including phenoxy) is 1. The summed E-state index contributed by atoms with van der Waals surface area (Å²) < 4.78 is 40.0. The van der Waals surface area contributed by atoms with Gasteiger partial charge in [0.15, 0.2) is 6.23 Å². The van der Waals surface area contributed by atoms with Crippen LogP contribution in [-0.4, -0.2) is 35.5 Å². The van der Waals surface area contributed by atoms with Crippen molar-refractivity contribution in [1.29, 1.82) is 0 Å². The van der Waals surface area contributed by atoms with Gasteiger partial charge in [0.25, 0.3) is 0 Å². The predicted octanol–water partition coefficient (Wildman–Crippen LogP) is 0.891. The summed E-state index contributed by atoms with van der Waals surface area (Å²) in [6.45, 7) is 1.69. The summed E-state index contributed by atoms with van der Waals surface area (Å²) in [7, 11) is 0. The summed E-state index contributed by atoms with van der Waals surface area (Å²) in [6.07, 6.45) is -5.84. The molecule has 98 valence electrons. The molecule has 2 N–H and O–H groups in total. The minimum atomic E-state index is -5.07. The lowest BCUT2D eigenvalue weighted by Gasteiger charge is -2.32. The van der Waals surface area contributed by atoms with E-state index in [1.54, 1.807) is 6.92 Å². The van der Waals surface area contributed by atoms with Gasteiger partial charge in [-0.25, -0.2) is 4.79 Å². The second-order valence-corrected chi connectivity index (χ2v) is 4.03. The fraction of sp³-hybridized carbons (Fsp3) is 0.778. The first-order valence-electron chi connectivity index (χ1n) is 4.96. The maximum Gasteiger partial charge on any atom is 0.490 e. The van der Waals surface area contributed by atoms with E-state index >= 15 is 0 Å². The van der Waals surface area contributed by atoms with Crippen molar-refractivity contribution >= 4 is 11.9 Å². The van der Waals surface area contributed by atoms with E-state index in [1.807, 2.05) is 0 Å².